The van der Waals surface area contributed by atoms with Gasteiger partial charge >= 0.3 is 0 Å². The van der Waals surface area contributed by atoms with Crippen molar-refractivity contribution in [1.82, 2.24) is 10.2 Å². The van der Waals surface area contributed by atoms with Crippen LogP contribution in [0.5, 0.6) is 0 Å². The first kappa shape index (κ1) is 13.3. The van der Waals surface area contributed by atoms with E-state index in [1.54, 1.807) is 0 Å². The lowest BCUT2D eigenvalue weighted by molar-refractivity contribution is 0.0882. The van der Waals surface area contributed by atoms with Gasteiger partial charge in [-0.25, -0.2) is 0 Å². The summed E-state index contributed by atoms with van der Waals surface area (Å²) in [7, 11) is 0. The number of aliphatic hydroxyl groups is 1. The molecular formula is C14H28N2O. The quantitative estimate of drug-likeness (QED) is 0.766. The van der Waals surface area contributed by atoms with E-state index >= 15 is 0 Å². The van der Waals surface area contributed by atoms with E-state index in [-0.39, 0.29) is 6.10 Å². The molecule has 3 heteroatoms. The van der Waals surface area contributed by atoms with Gasteiger partial charge in [0.15, 0.2) is 0 Å². The summed E-state index contributed by atoms with van der Waals surface area (Å²) in [5.41, 5.74) is 0. The molecule has 0 aromatic carbocycles. The van der Waals surface area contributed by atoms with Gasteiger partial charge in [0.2, 0.25) is 0 Å². The van der Waals surface area contributed by atoms with E-state index in [9.17, 15) is 5.11 Å². The molecule has 1 heterocycles. The molecule has 1 saturated carbocycles. The Labute approximate surface area is 106 Å². The number of likely N-dealkylation sites (tertiary alicyclic amines) is 1. The summed E-state index contributed by atoms with van der Waals surface area (Å²) in [5, 5.41) is 13.5. The van der Waals surface area contributed by atoms with Crippen LogP contribution in [0.3, 0.4) is 0 Å². The lowest BCUT2D eigenvalue weighted by Crippen LogP contribution is -2.44. The minimum atomic E-state index is -0.109. The molecule has 100 valence electrons. The summed E-state index contributed by atoms with van der Waals surface area (Å²) < 4.78 is 0. The van der Waals surface area contributed by atoms with Crippen molar-refractivity contribution in [1.29, 1.82) is 0 Å². The highest BCUT2D eigenvalue weighted by molar-refractivity contribution is 4.81. The van der Waals surface area contributed by atoms with E-state index in [0.29, 0.717) is 12.0 Å². The number of rotatable bonds is 5. The number of nitrogens with zero attached hydrogens (tertiary/aromatic N) is 1. The molecule has 2 fully saturated rings. The number of nitrogens with one attached hydrogen (secondary N) is 1. The molecule has 0 spiro atoms. The van der Waals surface area contributed by atoms with Crippen molar-refractivity contribution in [3.05, 3.63) is 0 Å². The van der Waals surface area contributed by atoms with Crippen LogP contribution in [0.1, 0.15) is 45.4 Å². The predicted molar refractivity (Wildman–Crippen MR) is 71.1 cm³/mol. The number of hydrogen-bond donors (Lipinski definition) is 2. The van der Waals surface area contributed by atoms with E-state index < -0.39 is 0 Å². The molecule has 2 rings (SSSR count). The molecule has 0 radical (unpaired) electrons. The van der Waals surface area contributed by atoms with Crippen LogP contribution >= 0.6 is 0 Å². The predicted octanol–water partition coefficient (Wildman–Crippen LogP) is 1.61. The SMILES string of the molecule is CC(CNC1CCCCC1O)CN1CCCC1. The van der Waals surface area contributed by atoms with Crippen molar-refractivity contribution < 1.29 is 5.11 Å². The summed E-state index contributed by atoms with van der Waals surface area (Å²) in [5.74, 6) is 0.697. The highest BCUT2D eigenvalue weighted by Crippen LogP contribution is 2.18. The Morgan fingerprint density at radius 1 is 1.18 bits per heavy atom. The third kappa shape index (κ3) is 4.23. The highest BCUT2D eigenvalue weighted by Gasteiger charge is 2.23. The molecule has 3 nitrogen and oxygen atoms in total. The first-order valence-corrected chi connectivity index (χ1v) is 7.39. The maximum absolute atomic E-state index is 9.89. The smallest absolute Gasteiger partial charge is 0.0693 e. The van der Waals surface area contributed by atoms with Gasteiger partial charge in [-0.05, 0) is 51.2 Å². The Morgan fingerprint density at radius 3 is 2.59 bits per heavy atom. The van der Waals surface area contributed by atoms with Gasteiger partial charge in [-0.15, -0.1) is 0 Å². The van der Waals surface area contributed by atoms with Crippen LogP contribution in [-0.4, -0.2) is 48.3 Å². The van der Waals surface area contributed by atoms with Gasteiger partial charge in [-0.1, -0.05) is 19.8 Å². The topological polar surface area (TPSA) is 35.5 Å². The van der Waals surface area contributed by atoms with Crippen LogP contribution in [0.25, 0.3) is 0 Å². The second-order valence-corrected chi connectivity index (χ2v) is 5.98. The molecule has 0 bridgehead atoms. The first-order valence-electron chi connectivity index (χ1n) is 7.39. The van der Waals surface area contributed by atoms with Crippen LogP contribution in [0.15, 0.2) is 0 Å². The fourth-order valence-electron chi connectivity index (χ4n) is 3.17. The van der Waals surface area contributed by atoms with Gasteiger partial charge < -0.3 is 15.3 Å². The van der Waals surface area contributed by atoms with Gasteiger partial charge in [-0.2, -0.15) is 0 Å². The fourth-order valence-corrected chi connectivity index (χ4v) is 3.17. The van der Waals surface area contributed by atoms with Crippen LogP contribution in [0.2, 0.25) is 0 Å². The van der Waals surface area contributed by atoms with E-state index in [0.717, 1.165) is 19.4 Å². The van der Waals surface area contributed by atoms with Crippen molar-refractivity contribution in [3.8, 4) is 0 Å². The van der Waals surface area contributed by atoms with Crippen molar-refractivity contribution >= 4 is 0 Å². The third-order valence-electron chi connectivity index (χ3n) is 4.23. The van der Waals surface area contributed by atoms with E-state index in [4.69, 9.17) is 0 Å². The molecule has 1 aliphatic carbocycles. The Kier molecular flexibility index (Phi) is 5.26. The standard InChI is InChI=1S/C14H28N2O/c1-12(11-16-8-4-5-9-16)10-15-13-6-2-3-7-14(13)17/h12-15,17H,2-11H2,1H3. The molecule has 0 aromatic heterocycles. The van der Waals surface area contributed by atoms with Crippen molar-refractivity contribution in [2.45, 2.75) is 57.6 Å². The first-order chi connectivity index (χ1) is 8.25. The summed E-state index contributed by atoms with van der Waals surface area (Å²) in [6, 6.07) is 0.352. The summed E-state index contributed by atoms with van der Waals surface area (Å²) in [6.45, 7) is 7.17. The maximum Gasteiger partial charge on any atom is 0.0693 e. The molecule has 3 unspecified atom stereocenters. The molecule has 1 aliphatic heterocycles. The molecular weight excluding hydrogens is 212 g/mol. The van der Waals surface area contributed by atoms with Crippen LogP contribution < -0.4 is 5.32 Å². The molecule has 0 aromatic rings. The van der Waals surface area contributed by atoms with E-state index in [1.807, 2.05) is 0 Å². The molecule has 3 atom stereocenters. The lowest BCUT2D eigenvalue weighted by Gasteiger charge is -2.30. The Morgan fingerprint density at radius 2 is 1.88 bits per heavy atom. The second kappa shape index (κ2) is 6.72. The van der Waals surface area contributed by atoms with E-state index in [2.05, 4.69) is 17.1 Å². The van der Waals surface area contributed by atoms with Crippen molar-refractivity contribution in [2.75, 3.05) is 26.2 Å². The Bertz CT molecular complexity index is 216. The zero-order valence-corrected chi connectivity index (χ0v) is 11.2. The monoisotopic (exact) mass is 240 g/mol. The average Bonchev–Trinajstić information content (AvgIpc) is 2.81. The molecule has 17 heavy (non-hydrogen) atoms. The van der Waals surface area contributed by atoms with Crippen molar-refractivity contribution in [2.24, 2.45) is 5.92 Å². The highest BCUT2D eigenvalue weighted by atomic mass is 16.3. The largest absolute Gasteiger partial charge is 0.392 e. The number of aliphatic hydroxyl groups excluding tert-OH is 1. The minimum absolute atomic E-state index is 0.109. The van der Waals surface area contributed by atoms with E-state index in [1.165, 1.54) is 45.3 Å². The zero-order valence-electron chi connectivity index (χ0n) is 11.2. The van der Waals surface area contributed by atoms with Gasteiger partial charge in [0.25, 0.3) is 0 Å². The normalized spacial score (nSPS) is 32.8. The van der Waals surface area contributed by atoms with Gasteiger partial charge in [0.05, 0.1) is 6.10 Å². The van der Waals surface area contributed by atoms with Gasteiger partial charge in [0.1, 0.15) is 0 Å². The fraction of sp³-hybridized carbons (Fsp3) is 1.00. The van der Waals surface area contributed by atoms with Crippen LogP contribution in [-0.2, 0) is 0 Å². The maximum atomic E-state index is 9.89. The molecule has 0 amide bonds. The van der Waals surface area contributed by atoms with Gasteiger partial charge in [0, 0.05) is 12.6 Å². The Hall–Kier alpha value is -0.120. The minimum Gasteiger partial charge on any atom is -0.392 e. The van der Waals surface area contributed by atoms with Crippen molar-refractivity contribution in [3.63, 3.8) is 0 Å². The second-order valence-electron chi connectivity index (χ2n) is 5.98. The molecule has 2 aliphatic rings. The lowest BCUT2D eigenvalue weighted by atomic mass is 9.92. The van der Waals surface area contributed by atoms with Crippen LogP contribution in [0, 0.1) is 5.92 Å². The molecule has 2 N–H and O–H groups in total. The average molecular weight is 240 g/mol. The van der Waals surface area contributed by atoms with Gasteiger partial charge in [-0.3, -0.25) is 0 Å². The number of hydrogen-bond acceptors (Lipinski definition) is 3. The van der Waals surface area contributed by atoms with Crippen LogP contribution in [0.4, 0.5) is 0 Å². The Balaban J connectivity index is 1.62. The summed E-state index contributed by atoms with van der Waals surface area (Å²) in [6.07, 6.45) is 7.25. The summed E-state index contributed by atoms with van der Waals surface area (Å²) in [4.78, 5) is 2.57. The summed E-state index contributed by atoms with van der Waals surface area (Å²) >= 11 is 0. The zero-order chi connectivity index (χ0) is 12.1. The molecule has 1 saturated heterocycles. The third-order valence-corrected chi connectivity index (χ3v) is 4.23.